The number of hydrazone groups is 1. The Morgan fingerprint density at radius 1 is 1.13 bits per heavy atom. The predicted octanol–water partition coefficient (Wildman–Crippen LogP) is 3.05. The minimum absolute atomic E-state index is 0.259. The molecule has 1 amide bonds. The largest absolute Gasteiger partial charge is 0.321 e. The van der Waals surface area contributed by atoms with E-state index in [1.807, 2.05) is 24.3 Å². The number of nitrogens with one attached hydrogen (secondary N) is 2. The molecule has 2 N–H and O–H groups in total. The lowest BCUT2D eigenvalue weighted by molar-refractivity contribution is 0.0955. The number of pyridine rings is 1. The van der Waals surface area contributed by atoms with Crippen molar-refractivity contribution < 1.29 is 4.79 Å². The number of hydrogen-bond donors (Lipinski definition) is 2. The minimum Gasteiger partial charge on any atom is -0.321 e. The van der Waals surface area contributed by atoms with Crippen LogP contribution in [0.4, 0.5) is 0 Å². The molecule has 3 rings (SSSR count). The van der Waals surface area contributed by atoms with Crippen molar-refractivity contribution in [2.45, 2.75) is 0 Å². The summed E-state index contributed by atoms with van der Waals surface area (Å²) in [7, 11) is 0. The van der Waals surface area contributed by atoms with Gasteiger partial charge in [0.1, 0.15) is 0 Å². The molecule has 114 valence electrons. The zero-order chi connectivity index (χ0) is 16.2. The molecule has 0 aliphatic carbocycles. The summed E-state index contributed by atoms with van der Waals surface area (Å²) in [6.07, 6.45) is 1.34. The Kier molecular flexibility index (Phi) is 4.34. The van der Waals surface area contributed by atoms with Crippen LogP contribution in [0.3, 0.4) is 0 Å². The lowest BCUT2D eigenvalue weighted by Gasteiger charge is -2.01. The Morgan fingerprint density at radius 2 is 1.87 bits per heavy atom. The van der Waals surface area contributed by atoms with Crippen LogP contribution in [0.2, 0.25) is 0 Å². The molecule has 0 saturated heterocycles. The van der Waals surface area contributed by atoms with Gasteiger partial charge in [-0.25, -0.2) is 5.43 Å². The highest BCUT2D eigenvalue weighted by Gasteiger charge is 2.04. The van der Waals surface area contributed by atoms with Crippen LogP contribution in [-0.4, -0.2) is 17.1 Å². The highest BCUT2D eigenvalue weighted by molar-refractivity contribution is 9.10. The monoisotopic (exact) mass is 369 g/mol. The Labute approximate surface area is 140 Å². The Bertz CT molecular complexity index is 946. The summed E-state index contributed by atoms with van der Waals surface area (Å²) in [5.74, 6) is -0.342. The topological polar surface area (TPSA) is 74.3 Å². The van der Waals surface area contributed by atoms with E-state index < -0.39 is 0 Å². The fraction of sp³-hybridized carbons (Fsp3) is 0. The van der Waals surface area contributed by atoms with Crippen molar-refractivity contribution in [1.82, 2.24) is 10.4 Å². The molecule has 2 aromatic carbocycles. The fourth-order valence-electron chi connectivity index (χ4n) is 2.09. The minimum atomic E-state index is -0.342. The molecular formula is C17H12BrN3O2. The summed E-state index contributed by atoms with van der Waals surface area (Å²) in [6.45, 7) is 0. The summed E-state index contributed by atoms with van der Waals surface area (Å²) in [4.78, 5) is 26.6. The number of para-hydroxylation sites is 1. The first-order valence-corrected chi connectivity index (χ1v) is 7.64. The van der Waals surface area contributed by atoms with Crippen LogP contribution >= 0.6 is 15.9 Å². The lowest BCUT2D eigenvalue weighted by Crippen LogP contribution is -2.19. The van der Waals surface area contributed by atoms with Gasteiger partial charge in [-0.05, 0) is 41.8 Å². The molecule has 0 fully saturated rings. The number of aromatic amines is 1. The van der Waals surface area contributed by atoms with Crippen molar-refractivity contribution in [3.8, 4) is 0 Å². The molecule has 0 unspecified atom stereocenters. The molecule has 0 spiro atoms. The molecule has 0 bridgehead atoms. The second-order valence-corrected chi connectivity index (χ2v) is 5.76. The molecule has 23 heavy (non-hydrogen) atoms. The number of fused-ring (bicyclic) bond motifs is 1. The normalized spacial score (nSPS) is 11.0. The summed E-state index contributed by atoms with van der Waals surface area (Å²) < 4.78 is 0.889. The summed E-state index contributed by atoms with van der Waals surface area (Å²) in [5, 5.41) is 4.75. The summed E-state index contributed by atoms with van der Waals surface area (Å²) in [5.41, 5.74) is 3.76. The van der Waals surface area contributed by atoms with Crippen molar-refractivity contribution in [3.63, 3.8) is 0 Å². The smallest absolute Gasteiger partial charge is 0.271 e. The highest BCUT2D eigenvalue weighted by atomic mass is 79.9. The maximum atomic E-state index is 12.0. The standard InChI is InChI=1S/C17H12BrN3O2/c18-14-7-5-11(6-8-14)17(23)21-19-10-13-9-12-3-1-2-4-15(12)20-16(13)22/h1-10H,(H,20,22)(H,21,23)/b19-10-. The molecule has 0 radical (unpaired) electrons. The van der Waals surface area contributed by atoms with E-state index in [4.69, 9.17) is 0 Å². The number of aromatic nitrogens is 1. The van der Waals surface area contributed by atoms with Gasteiger partial charge in [-0.15, -0.1) is 0 Å². The third-order valence-corrected chi connectivity index (χ3v) is 3.79. The molecule has 1 heterocycles. The van der Waals surface area contributed by atoms with Gasteiger partial charge in [-0.1, -0.05) is 34.1 Å². The van der Waals surface area contributed by atoms with Gasteiger partial charge in [0.05, 0.1) is 11.8 Å². The van der Waals surface area contributed by atoms with Crippen molar-refractivity contribution >= 4 is 39.0 Å². The van der Waals surface area contributed by atoms with Crippen molar-refractivity contribution in [2.24, 2.45) is 5.10 Å². The number of halogens is 1. The number of benzene rings is 2. The molecule has 1 aromatic heterocycles. The first-order chi connectivity index (χ1) is 11.1. The van der Waals surface area contributed by atoms with E-state index in [0.29, 0.717) is 11.1 Å². The Hall–Kier alpha value is -2.73. The van der Waals surface area contributed by atoms with Gasteiger partial charge in [-0.2, -0.15) is 5.10 Å². The van der Waals surface area contributed by atoms with E-state index >= 15 is 0 Å². The number of nitrogens with zero attached hydrogens (tertiary/aromatic N) is 1. The number of hydrogen-bond acceptors (Lipinski definition) is 3. The lowest BCUT2D eigenvalue weighted by atomic mass is 10.2. The third kappa shape index (κ3) is 3.54. The van der Waals surface area contributed by atoms with Gasteiger partial charge < -0.3 is 4.98 Å². The van der Waals surface area contributed by atoms with Crippen LogP contribution in [0.25, 0.3) is 10.9 Å². The van der Waals surface area contributed by atoms with Gasteiger partial charge >= 0.3 is 0 Å². The number of amides is 1. The molecule has 5 nitrogen and oxygen atoms in total. The molecular weight excluding hydrogens is 358 g/mol. The number of rotatable bonds is 3. The first kappa shape index (κ1) is 15.2. The third-order valence-electron chi connectivity index (χ3n) is 3.26. The zero-order valence-electron chi connectivity index (χ0n) is 11.9. The van der Waals surface area contributed by atoms with Crippen molar-refractivity contribution in [3.05, 3.63) is 80.6 Å². The van der Waals surface area contributed by atoms with Gasteiger partial charge in [-0.3, -0.25) is 9.59 Å². The molecule has 0 atom stereocenters. The number of carbonyl (C=O) groups is 1. The average molecular weight is 370 g/mol. The second kappa shape index (κ2) is 6.58. The fourth-order valence-corrected chi connectivity index (χ4v) is 2.35. The van der Waals surface area contributed by atoms with E-state index in [2.05, 4.69) is 31.4 Å². The Morgan fingerprint density at radius 3 is 2.65 bits per heavy atom. The van der Waals surface area contributed by atoms with Gasteiger partial charge in [0.25, 0.3) is 11.5 Å². The first-order valence-electron chi connectivity index (χ1n) is 6.84. The SMILES string of the molecule is O=C(N/N=C\c1cc2ccccc2[nH]c1=O)c1ccc(Br)cc1. The molecule has 3 aromatic rings. The van der Waals surface area contributed by atoms with E-state index in [1.165, 1.54) is 6.21 Å². The van der Waals surface area contributed by atoms with E-state index in [0.717, 1.165) is 15.4 Å². The van der Waals surface area contributed by atoms with Crippen LogP contribution in [0.1, 0.15) is 15.9 Å². The van der Waals surface area contributed by atoms with Crippen LogP contribution in [0.15, 0.2) is 69.0 Å². The van der Waals surface area contributed by atoms with Gasteiger partial charge in [0, 0.05) is 15.6 Å². The molecule has 6 heteroatoms. The van der Waals surface area contributed by atoms with Crippen LogP contribution in [0, 0.1) is 0 Å². The van der Waals surface area contributed by atoms with Crippen LogP contribution < -0.4 is 11.0 Å². The van der Waals surface area contributed by atoms with E-state index in [-0.39, 0.29) is 11.5 Å². The second-order valence-electron chi connectivity index (χ2n) is 4.85. The van der Waals surface area contributed by atoms with Gasteiger partial charge in [0.15, 0.2) is 0 Å². The highest BCUT2D eigenvalue weighted by Crippen LogP contribution is 2.10. The van der Waals surface area contributed by atoms with Crippen LogP contribution in [-0.2, 0) is 0 Å². The van der Waals surface area contributed by atoms with E-state index in [1.54, 1.807) is 30.3 Å². The van der Waals surface area contributed by atoms with Crippen LogP contribution in [0.5, 0.6) is 0 Å². The van der Waals surface area contributed by atoms with Crippen molar-refractivity contribution in [1.29, 1.82) is 0 Å². The average Bonchev–Trinajstić information content (AvgIpc) is 2.56. The maximum Gasteiger partial charge on any atom is 0.271 e. The Balaban J connectivity index is 1.77. The quantitative estimate of drug-likeness (QED) is 0.549. The van der Waals surface area contributed by atoms with Crippen molar-refractivity contribution in [2.75, 3.05) is 0 Å². The van der Waals surface area contributed by atoms with E-state index in [9.17, 15) is 9.59 Å². The van der Waals surface area contributed by atoms with Gasteiger partial charge in [0.2, 0.25) is 0 Å². The molecule has 0 aliphatic heterocycles. The molecule has 0 aliphatic rings. The number of H-pyrrole nitrogens is 1. The maximum absolute atomic E-state index is 12.0. The summed E-state index contributed by atoms with van der Waals surface area (Å²) >= 11 is 3.31. The zero-order valence-corrected chi connectivity index (χ0v) is 13.5. The molecule has 0 saturated carbocycles. The number of carbonyl (C=O) groups excluding carboxylic acids is 1. The predicted molar refractivity (Wildman–Crippen MR) is 93.8 cm³/mol. The summed E-state index contributed by atoms with van der Waals surface area (Å²) in [6, 6.07) is 16.1.